The zero-order valence-corrected chi connectivity index (χ0v) is 23.6. The van der Waals surface area contributed by atoms with Crippen molar-refractivity contribution in [1.29, 1.82) is 0 Å². The lowest BCUT2D eigenvalue weighted by molar-refractivity contribution is 0.0712. The second-order valence-electron chi connectivity index (χ2n) is 8.67. The molecule has 1 aliphatic rings. The number of likely N-dealkylation sites (tertiary alicyclic amines) is 1. The Kier molecular flexibility index (Phi) is 8.19. The van der Waals surface area contributed by atoms with Crippen molar-refractivity contribution in [3.8, 4) is 5.75 Å². The molecule has 6 nitrogen and oxygen atoms in total. The molecule has 1 fully saturated rings. The fraction of sp³-hybridized carbons (Fsp3) is 0.269. The highest BCUT2D eigenvalue weighted by Gasteiger charge is 2.27. The Morgan fingerprint density at radius 1 is 1.06 bits per heavy atom. The summed E-state index contributed by atoms with van der Waals surface area (Å²) >= 11 is 15.7. The molecule has 0 aliphatic carbocycles. The number of methoxy groups -OCH3 is 1. The normalized spacial score (nSPS) is 14.5. The van der Waals surface area contributed by atoms with Crippen molar-refractivity contribution in [3.05, 3.63) is 85.8 Å². The quantitative estimate of drug-likeness (QED) is 0.329. The predicted molar refractivity (Wildman–Crippen MR) is 147 cm³/mol. The van der Waals surface area contributed by atoms with Crippen LogP contribution >= 0.6 is 39.1 Å². The average Bonchev–Trinajstić information content (AvgIpc) is 2.87. The van der Waals surface area contributed by atoms with Crippen LogP contribution in [0.1, 0.15) is 40.2 Å². The molecular formula is C26H25BrCl2N2O4S. The van der Waals surface area contributed by atoms with Crippen molar-refractivity contribution in [2.45, 2.75) is 30.6 Å². The van der Waals surface area contributed by atoms with Crippen LogP contribution in [0.4, 0.5) is 5.69 Å². The summed E-state index contributed by atoms with van der Waals surface area (Å²) in [5.41, 5.74) is 2.86. The molecule has 0 saturated carbocycles. The molecule has 1 saturated heterocycles. The number of carbonyl (C=O) groups excluding carboxylic acids is 1. The molecule has 1 aliphatic heterocycles. The van der Waals surface area contributed by atoms with Crippen molar-refractivity contribution >= 4 is 60.7 Å². The fourth-order valence-corrected chi connectivity index (χ4v) is 6.22. The zero-order chi connectivity index (χ0) is 26.0. The lowest BCUT2D eigenvalue weighted by Gasteiger charge is -2.32. The number of nitrogens with one attached hydrogen (secondary N) is 1. The van der Waals surface area contributed by atoms with Gasteiger partial charge in [-0.1, -0.05) is 51.3 Å². The van der Waals surface area contributed by atoms with Gasteiger partial charge in [-0.2, -0.15) is 0 Å². The van der Waals surface area contributed by atoms with Crippen molar-refractivity contribution < 1.29 is 17.9 Å². The number of benzene rings is 3. The summed E-state index contributed by atoms with van der Waals surface area (Å²) < 4.78 is 35.3. The van der Waals surface area contributed by atoms with Crippen LogP contribution in [0.3, 0.4) is 0 Å². The molecule has 1 amide bonds. The minimum absolute atomic E-state index is 0.113. The van der Waals surface area contributed by atoms with Gasteiger partial charge >= 0.3 is 0 Å². The lowest BCUT2D eigenvalue weighted by atomic mass is 9.88. The minimum atomic E-state index is -4.13. The van der Waals surface area contributed by atoms with Crippen LogP contribution in [0.2, 0.25) is 10.0 Å². The van der Waals surface area contributed by atoms with Crippen molar-refractivity contribution in [3.63, 3.8) is 0 Å². The molecule has 190 valence electrons. The van der Waals surface area contributed by atoms with Crippen LogP contribution in [0.25, 0.3) is 0 Å². The van der Waals surface area contributed by atoms with E-state index in [1.54, 1.807) is 17.0 Å². The molecule has 0 bridgehead atoms. The van der Waals surface area contributed by atoms with Crippen LogP contribution in [0, 0.1) is 6.92 Å². The van der Waals surface area contributed by atoms with Gasteiger partial charge in [-0.25, -0.2) is 8.42 Å². The largest absolute Gasteiger partial charge is 0.495 e. The summed E-state index contributed by atoms with van der Waals surface area (Å²) in [4.78, 5) is 14.9. The number of anilines is 1. The Labute approximate surface area is 229 Å². The van der Waals surface area contributed by atoms with E-state index in [1.165, 1.54) is 42.5 Å². The van der Waals surface area contributed by atoms with Crippen LogP contribution < -0.4 is 9.46 Å². The highest BCUT2D eigenvalue weighted by molar-refractivity contribution is 9.10. The SMILES string of the molecule is COc1ccc(C(=O)N2CCC(c3ccc(Br)c(C)c3)CC2)cc1S(=O)(=O)Nc1cc(Cl)ccc1Cl. The van der Waals surface area contributed by atoms with Crippen molar-refractivity contribution in [2.24, 2.45) is 0 Å². The predicted octanol–water partition coefficient (Wildman–Crippen LogP) is 6.89. The average molecular weight is 612 g/mol. The van der Waals surface area contributed by atoms with Gasteiger partial charge in [-0.3, -0.25) is 9.52 Å². The maximum Gasteiger partial charge on any atom is 0.265 e. The number of hydrogen-bond donors (Lipinski definition) is 1. The summed E-state index contributed by atoms with van der Waals surface area (Å²) in [6.45, 7) is 3.24. The number of ether oxygens (including phenoxy) is 1. The van der Waals surface area contributed by atoms with E-state index in [-0.39, 0.29) is 32.8 Å². The standard InChI is InChI=1S/C26H25BrCl2N2O4S/c1-16-13-18(3-6-21(16)27)17-9-11-31(12-10-17)26(32)19-4-8-24(35-2)25(14-19)36(33,34)30-23-15-20(28)5-7-22(23)29/h3-8,13-15,17,30H,9-12H2,1-2H3. The maximum atomic E-state index is 13.3. The highest BCUT2D eigenvalue weighted by Crippen LogP contribution is 2.33. The van der Waals surface area contributed by atoms with Gasteiger partial charge in [0, 0.05) is 28.1 Å². The molecule has 10 heteroatoms. The van der Waals surface area contributed by atoms with Crippen LogP contribution in [0.5, 0.6) is 5.75 Å². The van der Waals surface area contributed by atoms with E-state index < -0.39 is 10.0 Å². The third kappa shape index (κ3) is 5.83. The Morgan fingerprint density at radius 3 is 2.44 bits per heavy atom. The van der Waals surface area contributed by atoms with Crippen LogP contribution in [0.15, 0.2) is 64.0 Å². The molecule has 3 aromatic carbocycles. The molecule has 0 atom stereocenters. The number of sulfonamides is 1. The molecule has 1 heterocycles. The van der Waals surface area contributed by atoms with Gasteiger partial charge in [-0.15, -0.1) is 0 Å². The number of amides is 1. The van der Waals surface area contributed by atoms with Crippen LogP contribution in [-0.4, -0.2) is 39.4 Å². The number of hydrogen-bond acceptors (Lipinski definition) is 4. The summed E-state index contributed by atoms with van der Waals surface area (Å²) in [7, 11) is -2.76. The monoisotopic (exact) mass is 610 g/mol. The number of carbonyl (C=O) groups is 1. The van der Waals surface area contributed by atoms with Gasteiger partial charge in [0.05, 0.1) is 17.8 Å². The van der Waals surface area contributed by atoms with Gasteiger partial charge in [0.2, 0.25) is 0 Å². The van der Waals surface area contributed by atoms with E-state index in [4.69, 9.17) is 27.9 Å². The fourth-order valence-electron chi connectivity index (χ4n) is 4.32. The van der Waals surface area contributed by atoms with Gasteiger partial charge in [0.1, 0.15) is 10.6 Å². The van der Waals surface area contributed by atoms with E-state index >= 15 is 0 Å². The number of nitrogens with zero attached hydrogens (tertiary/aromatic N) is 1. The molecule has 0 unspecified atom stereocenters. The Balaban J connectivity index is 1.53. The number of piperidine rings is 1. The molecule has 0 aromatic heterocycles. The molecule has 36 heavy (non-hydrogen) atoms. The van der Waals surface area contributed by atoms with E-state index in [1.807, 2.05) is 0 Å². The first-order valence-electron chi connectivity index (χ1n) is 11.3. The molecule has 0 spiro atoms. The molecular weight excluding hydrogens is 587 g/mol. The Hall–Kier alpha value is -2.26. The molecule has 0 radical (unpaired) electrons. The second kappa shape index (κ2) is 11.0. The van der Waals surface area contributed by atoms with E-state index in [0.717, 1.165) is 17.3 Å². The van der Waals surface area contributed by atoms with Crippen LogP contribution in [-0.2, 0) is 10.0 Å². The van der Waals surface area contributed by atoms with E-state index in [0.29, 0.717) is 24.0 Å². The summed E-state index contributed by atoms with van der Waals surface area (Å²) in [6, 6.07) is 15.2. The number of aryl methyl sites for hydroxylation is 1. The zero-order valence-electron chi connectivity index (χ0n) is 19.7. The van der Waals surface area contributed by atoms with Gasteiger partial charge < -0.3 is 9.64 Å². The van der Waals surface area contributed by atoms with Gasteiger partial charge in [0.15, 0.2) is 0 Å². The maximum absolute atomic E-state index is 13.3. The number of rotatable bonds is 6. The second-order valence-corrected chi connectivity index (χ2v) is 12.0. The molecule has 3 aromatic rings. The third-order valence-electron chi connectivity index (χ3n) is 6.31. The van der Waals surface area contributed by atoms with Gasteiger partial charge in [-0.05, 0) is 79.3 Å². The lowest BCUT2D eigenvalue weighted by Crippen LogP contribution is -2.38. The first-order chi connectivity index (χ1) is 17.1. The Bertz CT molecular complexity index is 1410. The van der Waals surface area contributed by atoms with E-state index in [2.05, 4.69) is 45.8 Å². The number of halogens is 3. The third-order valence-corrected chi connectivity index (χ3v) is 9.15. The highest BCUT2D eigenvalue weighted by atomic mass is 79.9. The van der Waals surface area contributed by atoms with Crippen molar-refractivity contribution in [2.75, 3.05) is 24.9 Å². The summed E-state index contributed by atoms with van der Waals surface area (Å²) in [5.74, 6) is 0.265. The topological polar surface area (TPSA) is 75.7 Å². The first kappa shape index (κ1) is 26.8. The minimum Gasteiger partial charge on any atom is -0.495 e. The summed E-state index contributed by atoms with van der Waals surface area (Å²) in [5, 5.41) is 0.521. The van der Waals surface area contributed by atoms with E-state index in [9.17, 15) is 13.2 Å². The van der Waals surface area contributed by atoms with Crippen molar-refractivity contribution in [1.82, 2.24) is 4.90 Å². The molecule has 4 rings (SSSR count). The van der Waals surface area contributed by atoms with Gasteiger partial charge in [0.25, 0.3) is 15.9 Å². The summed E-state index contributed by atoms with van der Waals surface area (Å²) in [6.07, 6.45) is 1.67. The molecule has 1 N–H and O–H groups in total. The first-order valence-corrected chi connectivity index (χ1v) is 14.3. The Morgan fingerprint density at radius 2 is 1.78 bits per heavy atom. The smallest absolute Gasteiger partial charge is 0.265 e.